The third-order valence-electron chi connectivity index (χ3n) is 3.89. The highest BCUT2D eigenvalue weighted by Crippen LogP contribution is 2.30. The second-order valence-corrected chi connectivity index (χ2v) is 5.75. The third kappa shape index (κ3) is 5.43. The van der Waals surface area contributed by atoms with Crippen LogP contribution in [0, 0.1) is 0 Å². The van der Waals surface area contributed by atoms with Gasteiger partial charge in [0, 0.05) is 26.2 Å². The predicted molar refractivity (Wildman–Crippen MR) is 83.4 cm³/mol. The Labute approximate surface area is 143 Å². The van der Waals surface area contributed by atoms with E-state index in [-0.39, 0.29) is 32.0 Å². The van der Waals surface area contributed by atoms with E-state index in [1.807, 2.05) is 0 Å². The van der Waals surface area contributed by atoms with Gasteiger partial charge in [-0.1, -0.05) is 18.2 Å². The molecule has 1 aliphatic rings. The molecular weight excluding hydrogens is 339 g/mol. The summed E-state index contributed by atoms with van der Waals surface area (Å²) in [7, 11) is 0. The zero-order valence-electron chi connectivity index (χ0n) is 13.5. The van der Waals surface area contributed by atoms with Crippen molar-refractivity contribution in [2.75, 3.05) is 26.2 Å². The second-order valence-electron chi connectivity index (χ2n) is 5.75. The predicted octanol–water partition coefficient (Wildman–Crippen LogP) is 0.504. The molecule has 2 rings (SSSR count). The number of hydrogen-bond acceptors (Lipinski definition) is 4. The molecule has 25 heavy (non-hydrogen) atoms. The van der Waals surface area contributed by atoms with E-state index in [1.165, 1.54) is 6.07 Å². The van der Waals surface area contributed by atoms with E-state index < -0.39 is 23.7 Å². The van der Waals surface area contributed by atoms with E-state index in [1.54, 1.807) is 11.0 Å². The first-order valence-electron chi connectivity index (χ1n) is 7.86. The second kappa shape index (κ2) is 8.30. The molecule has 0 saturated carbocycles. The lowest BCUT2D eigenvalue weighted by molar-refractivity contribution is -0.137. The minimum atomic E-state index is -4.43. The maximum atomic E-state index is 12.8. The molecule has 1 heterocycles. The van der Waals surface area contributed by atoms with Gasteiger partial charge in [0.05, 0.1) is 24.6 Å². The van der Waals surface area contributed by atoms with Crippen molar-refractivity contribution in [1.82, 2.24) is 15.5 Å². The Hall–Kier alpha value is -2.13. The number of amides is 2. The van der Waals surface area contributed by atoms with Gasteiger partial charge in [-0.2, -0.15) is 13.2 Å². The number of rotatable bonds is 6. The van der Waals surface area contributed by atoms with Crippen LogP contribution in [0.5, 0.6) is 0 Å². The zero-order valence-corrected chi connectivity index (χ0v) is 13.5. The molecule has 1 aromatic carbocycles. The quantitative estimate of drug-likeness (QED) is 0.691. The van der Waals surface area contributed by atoms with Gasteiger partial charge in [0.25, 0.3) is 0 Å². The van der Waals surface area contributed by atoms with Crippen molar-refractivity contribution < 1.29 is 27.9 Å². The van der Waals surface area contributed by atoms with Gasteiger partial charge in [0.2, 0.25) is 11.8 Å². The summed E-state index contributed by atoms with van der Waals surface area (Å²) < 4.78 is 38.5. The van der Waals surface area contributed by atoms with Gasteiger partial charge in [0.15, 0.2) is 0 Å². The van der Waals surface area contributed by atoms with E-state index in [0.29, 0.717) is 18.7 Å². The van der Waals surface area contributed by atoms with Gasteiger partial charge in [-0.3, -0.25) is 14.5 Å². The first-order valence-corrected chi connectivity index (χ1v) is 7.86. The normalized spacial score (nSPS) is 18.7. The number of carbonyl (C=O) groups is 2. The monoisotopic (exact) mass is 359 g/mol. The van der Waals surface area contributed by atoms with Crippen LogP contribution in [-0.4, -0.2) is 54.1 Å². The third-order valence-corrected chi connectivity index (χ3v) is 3.89. The molecule has 0 bridgehead atoms. The van der Waals surface area contributed by atoms with Crippen molar-refractivity contribution in [3.8, 4) is 0 Å². The smallest absolute Gasteiger partial charge is 0.395 e. The molecule has 9 heteroatoms. The summed E-state index contributed by atoms with van der Waals surface area (Å²) in [5, 5.41) is 13.8. The first kappa shape index (κ1) is 19.2. The Balaban J connectivity index is 2.10. The number of aliphatic hydroxyl groups is 1. The minimum Gasteiger partial charge on any atom is -0.395 e. The molecule has 1 saturated heterocycles. The fourth-order valence-corrected chi connectivity index (χ4v) is 2.70. The van der Waals surface area contributed by atoms with Crippen molar-refractivity contribution in [2.24, 2.45) is 0 Å². The highest BCUT2D eigenvalue weighted by molar-refractivity contribution is 5.88. The molecular formula is C16H20F3N3O3. The van der Waals surface area contributed by atoms with Gasteiger partial charge in [-0.15, -0.1) is 0 Å². The first-order chi connectivity index (χ1) is 11.8. The van der Waals surface area contributed by atoms with E-state index in [4.69, 9.17) is 5.11 Å². The highest BCUT2D eigenvalue weighted by Gasteiger charge is 2.33. The van der Waals surface area contributed by atoms with Gasteiger partial charge in [-0.25, -0.2) is 0 Å². The average molecular weight is 359 g/mol. The molecule has 0 aliphatic carbocycles. The number of alkyl halides is 3. The Kier molecular flexibility index (Phi) is 6.38. The summed E-state index contributed by atoms with van der Waals surface area (Å²) >= 11 is 0. The van der Waals surface area contributed by atoms with Crippen LogP contribution in [0.4, 0.5) is 13.2 Å². The topological polar surface area (TPSA) is 81.7 Å². The molecule has 0 aromatic heterocycles. The maximum absolute atomic E-state index is 12.8. The van der Waals surface area contributed by atoms with Crippen molar-refractivity contribution in [2.45, 2.75) is 25.2 Å². The van der Waals surface area contributed by atoms with Crippen molar-refractivity contribution in [3.05, 3.63) is 35.4 Å². The molecule has 0 unspecified atom stereocenters. The van der Waals surface area contributed by atoms with Gasteiger partial charge >= 0.3 is 6.18 Å². The summed E-state index contributed by atoms with van der Waals surface area (Å²) in [6.45, 7) is 0.805. The molecule has 3 N–H and O–H groups in total. The average Bonchev–Trinajstić information content (AvgIpc) is 2.55. The number of nitrogens with one attached hydrogen (secondary N) is 2. The molecule has 1 atom stereocenters. The SMILES string of the molecule is O=C(C[C@@H]1C(=O)NCCN1Cc1cccc(C(F)(F)F)c1)NCCO. The van der Waals surface area contributed by atoms with E-state index >= 15 is 0 Å². The molecule has 1 aliphatic heterocycles. The van der Waals surface area contributed by atoms with Crippen molar-refractivity contribution in [1.29, 1.82) is 0 Å². The number of carbonyl (C=O) groups excluding carboxylic acids is 2. The van der Waals surface area contributed by atoms with E-state index in [9.17, 15) is 22.8 Å². The molecule has 0 radical (unpaired) electrons. The van der Waals surface area contributed by atoms with Crippen molar-refractivity contribution in [3.63, 3.8) is 0 Å². The molecule has 0 spiro atoms. The lowest BCUT2D eigenvalue weighted by Crippen LogP contribution is -2.56. The number of benzene rings is 1. The van der Waals surface area contributed by atoms with Crippen LogP contribution in [0.1, 0.15) is 17.5 Å². The lowest BCUT2D eigenvalue weighted by atomic mass is 10.1. The zero-order chi connectivity index (χ0) is 18.4. The molecule has 6 nitrogen and oxygen atoms in total. The number of piperazine rings is 1. The van der Waals surface area contributed by atoms with Crippen LogP contribution < -0.4 is 10.6 Å². The number of hydrogen-bond donors (Lipinski definition) is 3. The van der Waals surface area contributed by atoms with Crippen LogP contribution in [0.15, 0.2) is 24.3 Å². The van der Waals surface area contributed by atoms with Gasteiger partial charge < -0.3 is 15.7 Å². The highest BCUT2D eigenvalue weighted by atomic mass is 19.4. The minimum absolute atomic E-state index is 0.0841. The van der Waals surface area contributed by atoms with Crippen LogP contribution in [-0.2, 0) is 22.3 Å². The van der Waals surface area contributed by atoms with E-state index in [2.05, 4.69) is 10.6 Å². The number of aliphatic hydroxyl groups excluding tert-OH is 1. The van der Waals surface area contributed by atoms with Crippen LogP contribution in [0.25, 0.3) is 0 Å². The Morgan fingerprint density at radius 2 is 2.16 bits per heavy atom. The summed E-state index contributed by atoms with van der Waals surface area (Å²) in [6, 6.07) is 4.17. The van der Waals surface area contributed by atoms with Gasteiger partial charge in [-0.05, 0) is 11.6 Å². The summed E-state index contributed by atoms with van der Waals surface area (Å²) in [4.78, 5) is 25.6. The molecule has 1 aromatic rings. The Bertz CT molecular complexity index is 622. The summed E-state index contributed by atoms with van der Waals surface area (Å²) in [5.41, 5.74) is -0.325. The summed E-state index contributed by atoms with van der Waals surface area (Å²) in [5.74, 6) is -0.734. The van der Waals surface area contributed by atoms with Crippen LogP contribution in [0.3, 0.4) is 0 Å². The molecule has 1 fully saturated rings. The largest absolute Gasteiger partial charge is 0.416 e. The Morgan fingerprint density at radius 3 is 2.84 bits per heavy atom. The van der Waals surface area contributed by atoms with Crippen LogP contribution in [0.2, 0.25) is 0 Å². The number of halogens is 3. The Morgan fingerprint density at radius 1 is 1.40 bits per heavy atom. The maximum Gasteiger partial charge on any atom is 0.416 e. The fourth-order valence-electron chi connectivity index (χ4n) is 2.70. The van der Waals surface area contributed by atoms with Gasteiger partial charge in [0.1, 0.15) is 0 Å². The molecule has 138 valence electrons. The summed E-state index contributed by atoms with van der Waals surface area (Å²) in [6.07, 6.45) is -4.55. The molecule has 2 amide bonds. The van der Waals surface area contributed by atoms with Crippen molar-refractivity contribution >= 4 is 11.8 Å². The van der Waals surface area contributed by atoms with Crippen LogP contribution >= 0.6 is 0 Å². The fraction of sp³-hybridized carbons (Fsp3) is 0.500. The van der Waals surface area contributed by atoms with E-state index in [0.717, 1.165) is 12.1 Å². The lowest BCUT2D eigenvalue weighted by Gasteiger charge is -2.34. The standard InChI is InChI=1S/C16H20F3N3O3/c17-16(18,19)12-3-1-2-11(8-12)10-22-6-4-21-15(25)13(22)9-14(24)20-5-7-23/h1-3,8,13,23H,4-7,9-10H2,(H,20,24)(H,21,25)/t13-/m1/s1. The number of nitrogens with zero attached hydrogens (tertiary/aromatic N) is 1.